The van der Waals surface area contributed by atoms with Gasteiger partial charge in [0.2, 0.25) is 0 Å². The van der Waals surface area contributed by atoms with Crippen molar-refractivity contribution in [1.29, 1.82) is 0 Å². The van der Waals surface area contributed by atoms with Gasteiger partial charge < -0.3 is 20.5 Å². The van der Waals surface area contributed by atoms with Gasteiger partial charge in [-0.3, -0.25) is 0 Å². The maximum absolute atomic E-state index is 5.82. The monoisotopic (exact) mass is 262 g/mol. The number of hydrogen-bond acceptors (Lipinski definition) is 4. The van der Waals surface area contributed by atoms with E-state index in [1.54, 1.807) is 0 Å². The first-order valence-corrected chi connectivity index (χ1v) is 7.23. The van der Waals surface area contributed by atoms with Gasteiger partial charge in [0.25, 0.3) is 0 Å². The minimum absolute atomic E-state index is 0.495. The number of ether oxygens (including phenoxy) is 2. The van der Waals surface area contributed by atoms with Crippen LogP contribution in [0, 0.1) is 5.92 Å². The van der Waals surface area contributed by atoms with Crippen LogP contribution in [0.25, 0.3) is 0 Å². The van der Waals surface area contributed by atoms with Crippen molar-refractivity contribution < 1.29 is 9.47 Å². The van der Waals surface area contributed by atoms with Crippen molar-refractivity contribution in [3.05, 3.63) is 18.2 Å². The maximum Gasteiger partial charge on any atom is 0.163 e. The van der Waals surface area contributed by atoms with Crippen molar-refractivity contribution in [2.75, 3.05) is 25.1 Å². The number of benzene rings is 1. The predicted octanol–water partition coefficient (Wildman–Crippen LogP) is 2.39. The van der Waals surface area contributed by atoms with Gasteiger partial charge in [-0.1, -0.05) is 6.42 Å². The molecule has 1 aromatic rings. The zero-order valence-electron chi connectivity index (χ0n) is 11.2. The van der Waals surface area contributed by atoms with Gasteiger partial charge in [0.1, 0.15) is 0 Å². The van der Waals surface area contributed by atoms with Crippen LogP contribution in [0.4, 0.5) is 5.69 Å². The first-order chi connectivity index (χ1) is 9.36. The second-order valence-electron chi connectivity index (χ2n) is 5.39. The molecule has 0 amide bonds. The molecule has 4 nitrogen and oxygen atoms in total. The van der Waals surface area contributed by atoms with Gasteiger partial charge in [0.05, 0.1) is 13.2 Å². The van der Waals surface area contributed by atoms with Gasteiger partial charge in [0.15, 0.2) is 11.5 Å². The zero-order chi connectivity index (χ0) is 13.1. The van der Waals surface area contributed by atoms with Crippen molar-refractivity contribution in [2.24, 2.45) is 11.7 Å². The quantitative estimate of drug-likeness (QED) is 0.878. The summed E-state index contributed by atoms with van der Waals surface area (Å²) in [4.78, 5) is 0. The number of rotatable bonds is 3. The number of fused-ring (bicyclic) bond motifs is 1. The summed E-state index contributed by atoms with van der Waals surface area (Å²) in [6.45, 7) is 2.23. The van der Waals surface area contributed by atoms with Gasteiger partial charge in [0, 0.05) is 24.2 Å². The number of anilines is 1. The van der Waals surface area contributed by atoms with E-state index in [4.69, 9.17) is 15.2 Å². The largest absolute Gasteiger partial charge is 0.490 e. The predicted molar refractivity (Wildman–Crippen MR) is 75.9 cm³/mol. The molecule has 1 aromatic carbocycles. The molecule has 0 spiro atoms. The summed E-state index contributed by atoms with van der Waals surface area (Å²) in [6, 6.07) is 6.61. The standard InChI is InChI=1S/C15H22N2O2/c16-10-11-3-1-4-13(11)17-12-5-6-14-15(9-12)19-8-2-7-18-14/h5-6,9,11,13,17H,1-4,7-8,10,16H2. The Labute approximate surface area is 114 Å². The smallest absolute Gasteiger partial charge is 0.163 e. The summed E-state index contributed by atoms with van der Waals surface area (Å²) in [5.41, 5.74) is 6.93. The normalized spacial score (nSPS) is 25.9. The Bertz CT molecular complexity index is 436. The molecule has 2 atom stereocenters. The van der Waals surface area contributed by atoms with Gasteiger partial charge in [-0.25, -0.2) is 0 Å². The van der Waals surface area contributed by atoms with Crippen LogP contribution >= 0.6 is 0 Å². The maximum atomic E-state index is 5.82. The summed E-state index contributed by atoms with van der Waals surface area (Å²) in [6.07, 6.45) is 4.65. The minimum Gasteiger partial charge on any atom is -0.490 e. The van der Waals surface area contributed by atoms with E-state index in [0.717, 1.165) is 43.4 Å². The lowest BCUT2D eigenvalue weighted by molar-refractivity contribution is 0.297. The molecule has 0 bridgehead atoms. The van der Waals surface area contributed by atoms with Gasteiger partial charge in [-0.05, 0) is 37.4 Å². The van der Waals surface area contributed by atoms with Crippen LogP contribution < -0.4 is 20.5 Å². The van der Waals surface area contributed by atoms with Gasteiger partial charge in [-0.2, -0.15) is 0 Å². The molecule has 0 radical (unpaired) electrons. The molecule has 0 aromatic heterocycles. The van der Waals surface area contributed by atoms with E-state index in [-0.39, 0.29) is 0 Å². The van der Waals surface area contributed by atoms with Crippen LogP contribution in [0.3, 0.4) is 0 Å². The first kappa shape index (κ1) is 12.6. The van der Waals surface area contributed by atoms with E-state index < -0.39 is 0 Å². The molecular formula is C15H22N2O2. The van der Waals surface area contributed by atoms with Gasteiger partial charge in [-0.15, -0.1) is 0 Å². The van der Waals surface area contributed by atoms with E-state index >= 15 is 0 Å². The Morgan fingerprint density at radius 3 is 2.79 bits per heavy atom. The number of nitrogens with one attached hydrogen (secondary N) is 1. The second kappa shape index (κ2) is 5.70. The highest BCUT2D eigenvalue weighted by molar-refractivity contribution is 5.55. The van der Waals surface area contributed by atoms with Crippen molar-refractivity contribution in [1.82, 2.24) is 0 Å². The lowest BCUT2D eigenvalue weighted by Gasteiger charge is -2.21. The molecule has 4 heteroatoms. The van der Waals surface area contributed by atoms with Crippen molar-refractivity contribution in [2.45, 2.75) is 31.7 Å². The van der Waals surface area contributed by atoms with Crippen molar-refractivity contribution in [3.8, 4) is 11.5 Å². The molecule has 3 N–H and O–H groups in total. The fourth-order valence-corrected chi connectivity index (χ4v) is 2.98. The molecule has 104 valence electrons. The van der Waals surface area contributed by atoms with Gasteiger partial charge >= 0.3 is 0 Å². The van der Waals surface area contributed by atoms with Crippen LogP contribution in [0.15, 0.2) is 18.2 Å². The summed E-state index contributed by atoms with van der Waals surface area (Å²) in [5.74, 6) is 2.30. The average Bonchev–Trinajstić information content (AvgIpc) is 2.74. The molecule has 3 rings (SSSR count). The zero-order valence-corrected chi connectivity index (χ0v) is 11.2. The topological polar surface area (TPSA) is 56.5 Å². The highest BCUT2D eigenvalue weighted by Crippen LogP contribution is 2.34. The van der Waals surface area contributed by atoms with E-state index in [9.17, 15) is 0 Å². The molecule has 19 heavy (non-hydrogen) atoms. The number of hydrogen-bond donors (Lipinski definition) is 2. The average molecular weight is 262 g/mol. The SMILES string of the molecule is NCC1CCCC1Nc1ccc2c(c1)OCCCO2. The number of nitrogens with two attached hydrogens (primary N) is 1. The van der Waals surface area contributed by atoms with Crippen LogP contribution in [-0.4, -0.2) is 25.8 Å². The lowest BCUT2D eigenvalue weighted by atomic mass is 10.0. The van der Waals surface area contributed by atoms with E-state index in [0.29, 0.717) is 12.0 Å². The second-order valence-corrected chi connectivity index (χ2v) is 5.39. The fraction of sp³-hybridized carbons (Fsp3) is 0.600. The molecule has 1 saturated carbocycles. The van der Waals surface area contributed by atoms with E-state index in [1.165, 1.54) is 19.3 Å². The molecule has 1 fully saturated rings. The van der Waals surface area contributed by atoms with Crippen LogP contribution in [0.5, 0.6) is 11.5 Å². The Kier molecular flexibility index (Phi) is 3.78. The minimum atomic E-state index is 0.495. The van der Waals surface area contributed by atoms with Crippen LogP contribution in [0.1, 0.15) is 25.7 Å². The first-order valence-electron chi connectivity index (χ1n) is 7.23. The highest BCUT2D eigenvalue weighted by Gasteiger charge is 2.26. The van der Waals surface area contributed by atoms with E-state index in [2.05, 4.69) is 11.4 Å². The lowest BCUT2D eigenvalue weighted by Crippen LogP contribution is -2.29. The Morgan fingerprint density at radius 1 is 1.11 bits per heavy atom. The summed E-state index contributed by atoms with van der Waals surface area (Å²) in [5, 5.41) is 3.60. The molecule has 0 saturated heterocycles. The molecule has 1 aliphatic carbocycles. The fourth-order valence-electron chi connectivity index (χ4n) is 2.98. The molecule has 1 heterocycles. The van der Waals surface area contributed by atoms with Crippen LogP contribution in [-0.2, 0) is 0 Å². The third-order valence-electron chi connectivity index (χ3n) is 4.06. The van der Waals surface area contributed by atoms with Crippen molar-refractivity contribution >= 4 is 5.69 Å². The van der Waals surface area contributed by atoms with E-state index in [1.807, 2.05) is 12.1 Å². The summed E-state index contributed by atoms with van der Waals surface area (Å²) < 4.78 is 11.4. The molecule has 2 aliphatic rings. The van der Waals surface area contributed by atoms with Crippen molar-refractivity contribution in [3.63, 3.8) is 0 Å². The molecular weight excluding hydrogens is 240 g/mol. The Hall–Kier alpha value is -1.42. The molecule has 2 unspecified atom stereocenters. The third kappa shape index (κ3) is 2.78. The summed E-state index contributed by atoms with van der Waals surface area (Å²) in [7, 11) is 0. The Morgan fingerprint density at radius 2 is 1.95 bits per heavy atom. The molecule has 1 aliphatic heterocycles. The Balaban J connectivity index is 1.73. The summed E-state index contributed by atoms with van der Waals surface area (Å²) >= 11 is 0. The third-order valence-corrected chi connectivity index (χ3v) is 4.06. The van der Waals surface area contributed by atoms with Crippen LogP contribution in [0.2, 0.25) is 0 Å². The highest BCUT2D eigenvalue weighted by atomic mass is 16.5.